The van der Waals surface area contributed by atoms with E-state index in [0.29, 0.717) is 41.1 Å². The summed E-state index contributed by atoms with van der Waals surface area (Å²) in [7, 11) is 3.54. The van der Waals surface area contributed by atoms with Crippen molar-refractivity contribution in [3.8, 4) is 17.2 Å². The van der Waals surface area contributed by atoms with Crippen LogP contribution in [0.15, 0.2) is 126 Å². The van der Waals surface area contributed by atoms with Gasteiger partial charge in [0.25, 0.3) is 47.3 Å². The smallest absolute Gasteiger partial charge is 0.407 e. The molecule has 0 aliphatic rings. The van der Waals surface area contributed by atoms with E-state index in [4.69, 9.17) is 18.9 Å². The number of phenolic OH excluding ortho intramolecular Hbond substituents is 3. The Morgan fingerprint density at radius 1 is 0.382 bits per heavy atom. The fourth-order valence-electron chi connectivity index (χ4n) is 8.82. The van der Waals surface area contributed by atoms with Gasteiger partial charge in [-0.2, -0.15) is 0 Å². The van der Waals surface area contributed by atoms with Crippen LogP contribution in [0.1, 0.15) is 132 Å². The molecule has 3 aromatic carbocycles. The fourth-order valence-corrected chi connectivity index (χ4v) is 13.1. The molecular weight excluding hydrogens is 1420 g/mol. The lowest BCUT2D eigenvalue weighted by Gasteiger charge is -2.21. The molecule has 3 atom stereocenters. The summed E-state index contributed by atoms with van der Waals surface area (Å²) in [6.07, 6.45) is -0.742. The molecule has 28 nitrogen and oxygen atoms in total. The predicted octanol–water partition coefficient (Wildman–Crippen LogP) is 7.40. The largest absolute Gasteiger partial charge is 0.508 e. The lowest BCUT2D eigenvalue weighted by molar-refractivity contribution is -0.143. The van der Waals surface area contributed by atoms with Crippen molar-refractivity contribution in [1.82, 2.24) is 47.9 Å². The van der Waals surface area contributed by atoms with E-state index in [1.807, 2.05) is 0 Å². The molecule has 0 fully saturated rings. The third-order valence-electron chi connectivity index (χ3n) is 13.8. The molecule has 8 rings (SSSR count). The van der Waals surface area contributed by atoms with Gasteiger partial charge < -0.3 is 82.1 Å². The van der Waals surface area contributed by atoms with Crippen LogP contribution >= 0.6 is 56.7 Å². The van der Waals surface area contributed by atoms with Crippen LogP contribution in [0.3, 0.4) is 0 Å². The number of hydrogen-bond acceptors (Lipinski definition) is 24. The summed E-state index contributed by atoms with van der Waals surface area (Å²) in [5, 5.41) is 55.6. The minimum Gasteiger partial charge on any atom is -0.508 e. The second kappa shape index (κ2) is 38.5. The van der Waals surface area contributed by atoms with Gasteiger partial charge in [-0.05, 0) is 152 Å². The first-order valence-electron chi connectivity index (χ1n) is 30.7. The van der Waals surface area contributed by atoms with Crippen LogP contribution in [0.5, 0.6) is 17.2 Å². The monoisotopic (exact) mass is 1490 g/mol. The summed E-state index contributed by atoms with van der Waals surface area (Å²) in [5.74, 6) is -5.43. The number of alkyl carbamates (subject to hydrolysis) is 1. The molecule has 0 radical (unpaired) electrons. The first kappa shape index (κ1) is 80.0. The van der Waals surface area contributed by atoms with Crippen LogP contribution in [0, 0.1) is 20.8 Å². The average Bonchev–Trinajstić information content (AvgIpc) is 1.69. The zero-order valence-electron chi connectivity index (χ0n) is 56.5. The molecule has 0 bridgehead atoms. The van der Waals surface area contributed by atoms with Crippen LogP contribution in [-0.2, 0) is 53.0 Å². The van der Waals surface area contributed by atoms with Gasteiger partial charge in [-0.15, -0.1) is 56.7 Å². The highest BCUT2D eigenvalue weighted by atomic mass is 32.1. The highest BCUT2D eigenvalue weighted by Crippen LogP contribution is 2.26. The molecule has 0 aliphatic heterocycles. The molecule has 33 heteroatoms. The number of phenols is 3. The molecular formula is C69H75N9O19S5. The van der Waals surface area contributed by atoms with Crippen molar-refractivity contribution in [2.24, 2.45) is 0 Å². The van der Waals surface area contributed by atoms with Crippen molar-refractivity contribution < 1.29 is 91.8 Å². The summed E-state index contributed by atoms with van der Waals surface area (Å²) in [6.45, 7) is 10.2. The Bertz CT molecular complexity index is 4110. The average molecular weight is 1490 g/mol. The number of ether oxygens (including phenoxy) is 4. The van der Waals surface area contributed by atoms with E-state index in [9.17, 15) is 72.9 Å². The van der Waals surface area contributed by atoms with Gasteiger partial charge in [-0.3, -0.25) is 38.4 Å². The fraction of sp³-hybridized carbons (Fsp3) is 0.275. The quantitative estimate of drug-likeness (QED) is 0.0185. The van der Waals surface area contributed by atoms with Gasteiger partial charge in [0.1, 0.15) is 41.0 Å². The molecule has 9 amide bonds. The predicted molar refractivity (Wildman–Crippen MR) is 382 cm³/mol. The number of rotatable bonds is 26. The van der Waals surface area contributed by atoms with Crippen molar-refractivity contribution >= 4 is 128 Å². The van der Waals surface area contributed by atoms with E-state index in [1.54, 1.807) is 143 Å². The number of hydrogen-bond donors (Lipinski definition) is 12. The Hall–Kier alpha value is -11.0. The maximum atomic E-state index is 12.8. The van der Waals surface area contributed by atoms with E-state index < -0.39 is 65.4 Å². The molecule has 0 unspecified atom stereocenters. The standard InChI is InChI=1S/C23H29N3O7S.2C23H23N3O6S2/c1-13-9-17(19(28)24-11-14-7-6-8-15(27)10-14)34-18(13)20(29)26-16(21(30)32-5)12-25-22(31)33-23(2,3)4;2*1-13-9-18(21(29)24-11-14-5-3-6-15(27)10-14)34-19(13)22(30)26-16(23(31)32-2)12-25-20(28)17-7-4-8-33-17/h6-10,16,27H,11-12H2,1-5H3,(H,24,28)(H,25,31)(H,26,29);2*3-10,16,27H,11-12H2,1-2H3,(H,24,29)(H,25,28)(H,26,30)/t3*16-/m000/s1. The van der Waals surface area contributed by atoms with Gasteiger partial charge in [-0.1, -0.05) is 48.5 Å². The molecule has 0 aliphatic carbocycles. The minimum absolute atomic E-state index is 0.0963. The topological polar surface area (TPSA) is 411 Å². The van der Waals surface area contributed by atoms with E-state index in [1.165, 1.54) is 68.3 Å². The van der Waals surface area contributed by atoms with E-state index in [0.717, 1.165) is 50.7 Å². The first-order chi connectivity index (χ1) is 48.4. The number of aromatic hydroxyl groups is 3. The van der Waals surface area contributed by atoms with Gasteiger partial charge in [-0.25, -0.2) is 19.2 Å². The second-order valence-electron chi connectivity index (χ2n) is 22.8. The highest BCUT2D eigenvalue weighted by Gasteiger charge is 2.30. The van der Waals surface area contributed by atoms with Gasteiger partial charge in [0.15, 0.2) is 0 Å². The lowest BCUT2D eigenvalue weighted by Crippen LogP contribution is -2.49. The number of benzene rings is 3. The number of amides is 9. The Morgan fingerprint density at radius 3 is 0.941 bits per heavy atom. The highest BCUT2D eigenvalue weighted by molar-refractivity contribution is 7.17. The number of nitrogens with one attached hydrogen (secondary N) is 9. The van der Waals surface area contributed by atoms with Crippen LogP contribution in [0.2, 0.25) is 0 Å². The van der Waals surface area contributed by atoms with E-state index >= 15 is 0 Å². The van der Waals surface area contributed by atoms with Crippen LogP contribution in [0.4, 0.5) is 4.79 Å². The van der Waals surface area contributed by atoms with E-state index in [2.05, 4.69) is 47.9 Å². The summed E-state index contributed by atoms with van der Waals surface area (Å²) in [4.78, 5) is 151. The molecule has 8 aromatic rings. The normalized spacial score (nSPS) is 11.5. The number of carbonyl (C=O) groups is 12. The maximum Gasteiger partial charge on any atom is 0.407 e. The molecule has 5 heterocycles. The summed E-state index contributed by atoms with van der Waals surface area (Å²) >= 11 is 5.45. The third-order valence-corrected chi connectivity index (χ3v) is 19.2. The van der Waals surface area contributed by atoms with Crippen LogP contribution in [0.25, 0.3) is 0 Å². The van der Waals surface area contributed by atoms with Gasteiger partial charge in [0.2, 0.25) is 0 Å². The summed E-state index contributed by atoms with van der Waals surface area (Å²) in [5.41, 5.74) is 3.13. The molecule has 0 saturated carbocycles. The number of thiophene rings is 5. The molecule has 12 N–H and O–H groups in total. The number of esters is 3. The summed E-state index contributed by atoms with van der Waals surface area (Å²) in [6, 6.07) is 27.7. The Labute approximate surface area is 605 Å². The number of methoxy groups -OCH3 is 3. The van der Waals surface area contributed by atoms with Gasteiger partial charge in [0, 0.05) is 32.7 Å². The summed E-state index contributed by atoms with van der Waals surface area (Å²) < 4.78 is 19.3. The Balaban J connectivity index is 0.000000241. The lowest BCUT2D eigenvalue weighted by atomic mass is 10.2. The Morgan fingerprint density at radius 2 is 0.676 bits per heavy atom. The first-order valence-corrected chi connectivity index (χ1v) is 34.9. The zero-order chi connectivity index (χ0) is 74.8. The SMILES string of the molecule is COC(=O)[C@H](CNC(=O)OC(C)(C)C)NC(=O)c1sc(C(=O)NCc2cccc(O)c2)cc1C.COC(=O)[C@H](CNC(=O)c1cccs1)NC(=O)c1sc(C(=O)NCc2cccc(O)c2)cc1C.COC(=O)[C@H](CNC(=O)c1cccs1)NC(=O)c1sc(C(=O)NCc2cccc(O)c2)cc1C. The Kier molecular flexibility index (Phi) is 30.2. The van der Waals surface area contributed by atoms with Crippen molar-refractivity contribution in [1.29, 1.82) is 0 Å². The molecule has 0 spiro atoms. The molecule has 5 aromatic heterocycles. The number of carbonyl (C=O) groups excluding carboxylic acids is 12. The number of aryl methyl sites for hydroxylation is 3. The van der Waals surface area contributed by atoms with Crippen molar-refractivity contribution in [3.63, 3.8) is 0 Å². The van der Waals surface area contributed by atoms with Crippen molar-refractivity contribution in [2.45, 2.75) is 84.9 Å². The van der Waals surface area contributed by atoms with Gasteiger partial charge >= 0.3 is 24.0 Å². The van der Waals surface area contributed by atoms with E-state index in [-0.39, 0.29) is 101 Å². The van der Waals surface area contributed by atoms with Gasteiger partial charge in [0.05, 0.1) is 66.9 Å². The second-order valence-corrected chi connectivity index (χ2v) is 27.9. The molecule has 102 heavy (non-hydrogen) atoms. The van der Waals surface area contributed by atoms with Crippen molar-refractivity contribution in [3.05, 3.63) is 198 Å². The molecule has 540 valence electrons. The van der Waals surface area contributed by atoms with Crippen LogP contribution in [-0.4, -0.2) is 151 Å². The maximum absolute atomic E-state index is 12.8. The zero-order valence-corrected chi connectivity index (χ0v) is 60.6. The van der Waals surface area contributed by atoms with Crippen molar-refractivity contribution in [2.75, 3.05) is 41.0 Å². The minimum atomic E-state index is -1.16. The molecule has 0 saturated heterocycles. The third kappa shape index (κ3) is 25.0. The van der Waals surface area contributed by atoms with Crippen LogP contribution < -0.4 is 47.9 Å².